The van der Waals surface area contributed by atoms with Gasteiger partial charge < -0.3 is 16.0 Å². The molecule has 1 unspecified atom stereocenters. The first-order chi connectivity index (χ1) is 13.6. The predicted molar refractivity (Wildman–Crippen MR) is 113 cm³/mol. The molecule has 0 radical (unpaired) electrons. The topological polar surface area (TPSA) is 82.9 Å². The van der Waals surface area contributed by atoms with Gasteiger partial charge in [0.1, 0.15) is 11.6 Å². The summed E-state index contributed by atoms with van der Waals surface area (Å²) < 4.78 is 0. The van der Waals surface area contributed by atoms with E-state index < -0.39 is 0 Å². The van der Waals surface area contributed by atoms with Crippen LogP contribution in [0.5, 0.6) is 0 Å². The van der Waals surface area contributed by atoms with Gasteiger partial charge in [0.15, 0.2) is 5.65 Å². The number of pyridine rings is 1. The molecule has 3 heterocycles. The summed E-state index contributed by atoms with van der Waals surface area (Å²) in [6.45, 7) is 2.97. The number of nitrogens with zero attached hydrogens (tertiary/aromatic N) is 3. The minimum Gasteiger partial charge on any atom is -0.384 e. The second-order valence-electron chi connectivity index (χ2n) is 8.35. The number of hydrogen-bond acceptors (Lipinski definition) is 5. The maximum Gasteiger partial charge on any atom is 0.180 e. The molecule has 28 heavy (non-hydrogen) atoms. The Bertz CT molecular complexity index is 1020. The van der Waals surface area contributed by atoms with E-state index in [0.29, 0.717) is 11.5 Å². The first-order valence-corrected chi connectivity index (χ1v) is 10.3. The van der Waals surface area contributed by atoms with E-state index in [1.165, 1.54) is 42.5 Å². The Balaban J connectivity index is 1.44. The standard InChI is InChI=1S/C22H28N6/c1-13-24-21-17(11-20(23)27-22(21)25-13)19-10-16-14(6-5-9-18(16)26-19)12-28(2)15-7-3-4-8-15/h5-6,9,11,15,19,26H,3-4,7-8,10,12H2,1-2H3,(H3,23,24,25,27). The average Bonchev–Trinajstić information content (AvgIpc) is 3.39. The molecule has 3 aromatic rings. The molecule has 1 aliphatic heterocycles. The Morgan fingerprint density at radius 2 is 2.04 bits per heavy atom. The number of anilines is 2. The van der Waals surface area contributed by atoms with Crippen molar-refractivity contribution in [1.29, 1.82) is 0 Å². The van der Waals surface area contributed by atoms with Gasteiger partial charge in [0, 0.05) is 23.8 Å². The van der Waals surface area contributed by atoms with Crippen molar-refractivity contribution in [3.8, 4) is 0 Å². The maximum atomic E-state index is 6.07. The highest BCUT2D eigenvalue weighted by molar-refractivity contribution is 5.79. The Morgan fingerprint density at radius 1 is 1.21 bits per heavy atom. The molecule has 6 nitrogen and oxygen atoms in total. The molecule has 0 saturated heterocycles. The zero-order valence-corrected chi connectivity index (χ0v) is 16.6. The fourth-order valence-electron chi connectivity index (χ4n) is 4.96. The van der Waals surface area contributed by atoms with Gasteiger partial charge in [0.2, 0.25) is 0 Å². The van der Waals surface area contributed by atoms with E-state index in [1.54, 1.807) is 0 Å². The van der Waals surface area contributed by atoms with Crippen LogP contribution in [0.25, 0.3) is 11.2 Å². The summed E-state index contributed by atoms with van der Waals surface area (Å²) in [5.74, 6) is 1.39. The summed E-state index contributed by atoms with van der Waals surface area (Å²) in [7, 11) is 2.27. The highest BCUT2D eigenvalue weighted by Crippen LogP contribution is 2.39. The first kappa shape index (κ1) is 17.5. The molecule has 146 valence electrons. The lowest BCUT2D eigenvalue weighted by Crippen LogP contribution is -2.28. The molecule has 1 aliphatic carbocycles. The zero-order chi connectivity index (χ0) is 19.3. The smallest absolute Gasteiger partial charge is 0.180 e. The van der Waals surface area contributed by atoms with Gasteiger partial charge in [-0.2, -0.15) is 0 Å². The molecule has 2 aliphatic rings. The van der Waals surface area contributed by atoms with Gasteiger partial charge >= 0.3 is 0 Å². The van der Waals surface area contributed by atoms with E-state index in [4.69, 9.17) is 5.73 Å². The highest BCUT2D eigenvalue weighted by atomic mass is 15.1. The number of fused-ring (bicyclic) bond motifs is 2. The van der Waals surface area contributed by atoms with E-state index in [9.17, 15) is 0 Å². The van der Waals surface area contributed by atoms with Crippen LogP contribution < -0.4 is 11.1 Å². The number of aryl methyl sites for hydroxylation is 1. The fourth-order valence-corrected chi connectivity index (χ4v) is 4.96. The van der Waals surface area contributed by atoms with Crippen molar-refractivity contribution in [1.82, 2.24) is 19.9 Å². The molecule has 1 saturated carbocycles. The lowest BCUT2D eigenvalue weighted by Gasteiger charge is -2.25. The fraction of sp³-hybridized carbons (Fsp3) is 0.455. The van der Waals surface area contributed by atoms with Gasteiger partial charge in [0.05, 0.1) is 11.6 Å². The Kier molecular flexibility index (Phi) is 4.23. The molecular weight excluding hydrogens is 348 g/mol. The lowest BCUT2D eigenvalue weighted by molar-refractivity contribution is 0.237. The summed E-state index contributed by atoms with van der Waals surface area (Å²) in [6.07, 6.45) is 6.36. The van der Waals surface area contributed by atoms with Crippen molar-refractivity contribution < 1.29 is 0 Å². The summed E-state index contributed by atoms with van der Waals surface area (Å²) in [5.41, 5.74) is 13.0. The SMILES string of the molecule is Cc1nc2nc(N)cc(C3Cc4c(CN(C)C5CCCC5)cccc4N3)c2[nH]1. The van der Waals surface area contributed by atoms with Gasteiger partial charge in [-0.25, -0.2) is 9.97 Å². The number of imidazole rings is 1. The van der Waals surface area contributed by atoms with Crippen LogP contribution in [-0.4, -0.2) is 32.9 Å². The van der Waals surface area contributed by atoms with Crippen molar-refractivity contribution in [2.24, 2.45) is 0 Å². The van der Waals surface area contributed by atoms with Crippen LogP contribution in [0.1, 0.15) is 54.2 Å². The summed E-state index contributed by atoms with van der Waals surface area (Å²) in [4.78, 5) is 14.8. The Hall–Kier alpha value is -2.60. The predicted octanol–water partition coefficient (Wildman–Crippen LogP) is 3.93. The van der Waals surface area contributed by atoms with Crippen molar-refractivity contribution >= 4 is 22.7 Å². The number of nitrogens with two attached hydrogens (primary N) is 1. The third-order valence-electron chi connectivity index (χ3n) is 6.38. The molecule has 1 fully saturated rings. The molecular formula is C22H28N6. The van der Waals surface area contributed by atoms with Crippen molar-refractivity contribution in [3.05, 3.63) is 46.8 Å². The number of nitrogens with one attached hydrogen (secondary N) is 2. The molecule has 2 aromatic heterocycles. The number of benzene rings is 1. The molecule has 0 spiro atoms. The number of H-pyrrole nitrogens is 1. The molecule has 5 rings (SSSR count). The van der Waals surface area contributed by atoms with Crippen LogP contribution >= 0.6 is 0 Å². The number of aromatic amines is 1. The maximum absolute atomic E-state index is 6.07. The van der Waals surface area contributed by atoms with Crippen molar-refractivity contribution in [2.75, 3.05) is 18.1 Å². The minimum atomic E-state index is 0.181. The van der Waals surface area contributed by atoms with Crippen LogP contribution in [0.4, 0.5) is 11.5 Å². The zero-order valence-electron chi connectivity index (χ0n) is 16.6. The van der Waals surface area contributed by atoms with Crippen LogP contribution in [0.15, 0.2) is 24.3 Å². The Morgan fingerprint density at radius 3 is 2.86 bits per heavy atom. The third kappa shape index (κ3) is 3.02. The monoisotopic (exact) mass is 376 g/mol. The van der Waals surface area contributed by atoms with Gasteiger partial charge in [-0.3, -0.25) is 4.90 Å². The second kappa shape index (κ2) is 6.78. The molecule has 1 aromatic carbocycles. The highest BCUT2D eigenvalue weighted by Gasteiger charge is 2.28. The normalized spacial score (nSPS) is 19.5. The second-order valence-corrected chi connectivity index (χ2v) is 8.35. The van der Waals surface area contributed by atoms with Crippen LogP contribution in [-0.2, 0) is 13.0 Å². The van der Waals surface area contributed by atoms with Gasteiger partial charge in [-0.1, -0.05) is 25.0 Å². The van der Waals surface area contributed by atoms with E-state index in [0.717, 1.165) is 35.9 Å². The third-order valence-corrected chi connectivity index (χ3v) is 6.38. The van der Waals surface area contributed by atoms with Gasteiger partial charge in [-0.05, 0) is 56.5 Å². The molecule has 0 bridgehead atoms. The Labute approximate surface area is 165 Å². The number of rotatable bonds is 4. The van der Waals surface area contributed by atoms with Crippen LogP contribution in [0.3, 0.4) is 0 Å². The molecule has 4 N–H and O–H groups in total. The quantitative estimate of drug-likeness (QED) is 0.643. The lowest BCUT2D eigenvalue weighted by atomic mass is 9.98. The summed E-state index contributed by atoms with van der Waals surface area (Å²) in [6, 6.07) is 9.53. The minimum absolute atomic E-state index is 0.181. The van der Waals surface area contributed by atoms with Crippen LogP contribution in [0, 0.1) is 6.92 Å². The van der Waals surface area contributed by atoms with Crippen LogP contribution in [0.2, 0.25) is 0 Å². The van der Waals surface area contributed by atoms with Crippen molar-refractivity contribution in [2.45, 2.75) is 57.7 Å². The summed E-state index contributed by atoms with van der Waals surface area (Å²) >= 11 is 0. The molecule has 6 heteroatoms. The summed E-state index contributed by atoms with van der Waals surface area (Å²) in [5, 5.41) is 3.71. The number of nitrogen functional groups attached to an aromatic ring is 1. The largest absolute Gasteiger partial charge is 0.384 e. The van der Waals surface area contributed by atoms with Gasteiger partial charge in [-0.15, -0.1) is 0 Å². The molecule has 1 atom stereocenters. The first-order valence-electron chi connectivity index (χ1n) is 10.3. The number of hydrogen-bond donors (Lipinski definition) is 3. The van der Waals surface area contributed by atoms with E-state index in [2.05, 4.69) is 50.4 Å². The number of aromatic nitrogens is 3. The van der Waals surface area contributed by atoms with Gasteiger partial charge in [0.25, 0.3) is 0 Å². The average molecular weight is 377 g/mol. The van der Waals surface area contributed by atoms with E-state index in [1.807, 2.05) is 13.0 Å². The van der Waals surface area contributed by atoms with E-state index >= 15 is 0 Å². The molecule has 0 amide bonds. The van der Waals surface area contributed by atoms with Crippen molar-refractivity contribution in [3.63, 3.8) is 0 Å². The van der Waals surface area contributed by atoms with E-state index in [-0.39, 0.29) is 6.04 Å².